The monoisotopic (exact) mass is 512 g/mol. The Morgan fingerprint density at radius 2 is 1.83 bits per heavy atom. The van der Waals surface area contributed by atoms with Crippen LogP contribution in [0.3, 0.4) is 0 Å². The number of nitrogens with zero attached hydrogens (tertiary/aromatic N) is 3. The van der Waals surface area contributed by atoms with Crippen LogP contribution in [0.2, 0.25) is 0 Å². The van der Waals surface area contributed by atoms with Gasteiger partial charge in [-0.05, 0) is 31.5 Å². The second-order valence-corrected chi connectivity index (χ2v) is 7.38. The number of ether oxygens (including phenoxy) is 1. The molecule has 0 amide bonds. The quantitative estimate of drug-likeness (QED) is 0.364. The largest absolute Gasteiger partial charge is 0.465 e. The molecule has 3 rings (SSSR count). The zero-order chi connectivity index (χ0) is 19.9. The van der Waals surface area contributed by atoms with Crippen LogP contribution in [-0.2, 0) is 11.3 Å². The van der Waals surface area contributed by atoms with E-state index in [1.54, 1.807) is 0 Å². The van der Waals surface area contributed by atoms with Crippen LogP contribution in [0.15, 0.2) is 45.8 Å². The lowest BCUT2D eigenvalue weighted by atomic mass is 10.1. The Hall–Kier alpha value is -1.58. The van der Waals surface area contributed by atoms with Crippen molar-refractivity contribution in [3.05, 3.63) is 59.0 Å². The van der Waals surface area contributed by atoms with Crippen molar-refractivity contribution in [2.45, 2.75) is 26.4 Å². The Kier molecular flexibility index (Phi) is 9.45. The Balaban J connectivity index is 0.00000300. The van der Waals surface area contributed by atoms with Crippen LogP contribution >= 0.6 is 24.0 Å². The molecule has 160 valence electrons. The van der Waals surface area contributed by atoms with E-state index in [-0.39, 0.29) is 30.0 Å². The molecule has 1 N–H and O–H groups in total. The van der Waals surface area contributed by atoms with Gasteiger partial charge in [0.1, 0.15) is 11.5 Å². The van der Waals surface area contributed by atoms with Gasteiger partial charge >= 0.3 is 0 Å². The molecule has 0 aliphatic carbocycles. The van der Waals surface area contributed by atoms with Crippen molar-refractivity contribution in [2.24, 2.45) is 4.99 Å². The van der Waals surface area contributed by atoms with Crippen molar-refractivity contribution in [3.63, 3.8) is 0 Å². The SMILES string of the molecule is CN=C(NCC(c1ccc(C)o1)N1CCOCC1)N(C)Cc1ccc(C)cc1.I. The molecule has 0 bridgehead atoms. The maximum Gasteiger partial charge on any atom is 0.193 e. The van der Waals surface area contributed by atoms with Crippen molar-refractivity contribution in [2.75, 3.05) is 46.9 Å². The Bertz CT molecular complexity index is 769. The van der Waals surface area contributed by atoms with E-state index in [1.807, 2.05) is 20.0 Å². The van der Waals surface area contributed by atoms with Gasteiger partial charge in [0.2, 0.25) is 0 Å². The topological polar surface area (TPSA) is 53.2 Å². The maximum absolute atomic E-state index is 5.96. The Morgan fingerprint density at radius 1 is 1.14 bits per heavy atom. The standard InChI is InChI=1S/C22H32N4O2.HI/c1-17-5-8-19(9-6-17)16-25(4)22(23-3)24-15-20(21-10-7-18(2)28-21)26-11-13-27-14-12-26;/h5-10,20H,11-16H2,1-4H3,(H,23,24);1H. The van der Waals surface area contributed by atoms with Gasteiger partial charge in [-0.15, -0.1) is 24.0 Å². The van der Waals surface area contributed by atoms with Crippen molar-refractivity contribution >= 4 is 29.9 Å². The van der Waals surface area contributed by atoms with Crippen molar-refractivity contribution in [1.82, 2.24) is 15.1 Å². The van der Waals surface area contributed by atoms with Crippen molar-refractivity contribution in [1.29, 1.82) is 0 Å². The number of rotatable bonds is 6. The zero-order valence-electron chi connectivity index (χ0n) is 17.9. The van der Waals surface area contributed by atoms with E-state index in [0.717, 1.165) is 56.9 Å². The van der Waals surface area contributed by atoms with E-state index in [1.165, 1.54) is 11.1 Å². The molecule has 29 heavy (non-hydrogen) atoms. The molecule has 6 nitrogen and oxygen atoms in total. The number of guanidine groups is 1. The zero-order valence-corrected chi connectivity index (χ0v) is 20.2. The summed E-state index contributed by atoms with van der Waals surface area (Å²) in [5, 5.41) is 3.54. The molecule has 1 aromatic carbocycles. The summed E-state index contributed by atoms with van der Waals surface area (Å²) >= 11 is 0. The van der Waals surface area contributed by atoms with E-state index < -0.39 is 0 Å². The molecule has 0 radical (unpaired) electrons. The first-order chi connectivity index (χ1) is 13.6. The number of hydrogen-bond acceptors (Lipinski definition) is 4. The Morgan fingerprint density at radius 3 is 2.41 bits per heavy atom. The lowest BCUT2D eigenvalue weighted by Gasteiger charge is -2.34. The lowest BCUT2D eigenvalue weighted by molar-refractivity contribution is 0.0123. The smallest absolute Gasteiger partial charge is 0.193 e. The second kappa shape index (κ2) is 11.6. The van der Waals surface area contributed by atoms with Crippen LogP contribution in [-0.4, -0.2) is 62.7 Å². The van der Waals surface area contributed by atoms with Gasteiger partial charge in [-0.25, -0.2) is 0 Å². The minimum Gasteiger partial charge on any atom is -0.465 e. The third-order valence-corrected chi connectivity index (χ3v) is 5.14. The van der Waals surface area contributed by atoms with Crippen LogP contribution in [0.4, 0.5) is 0 Å². The fourth-order valence-corrected chi connectivity index (χ4v) is 3.55. The molecule has 2 heterocycles. The first kappa shape index (κ1) is 23.7. The van der Waals surface area contributed by atoms with E-state index in [0.29, 0.717) is 0 Å². The van der Waals surface area contributed by atoms with Gasteiger partial charge in [-0.2, -0.15) is 0 Å². The number of nitrogens with one attached hydrogen (secondary N) is 1. The van der Waals surface area contributed by atoms with E-state index in [2.05, 4.69) is 64.4 Å². The van der Waals surface area contributed by atoms with Gasteiger partial charge in [-0.1, -0.05) is 29.8 Å². The average Bonchev–Trinajstić information content (AvgIpc) is 3.13. The maximum atomic E-state index is 5.96. The minimum atomic E-state index is 0. The van der Waals surface area contributed by atoms with E-state index in [4.69, 9.17) is 9.15 Å². The molecule has 1 fully saturated rings. The highest BCUT2D eigenvalue weighted by molar-refractivity contribution is 14.0. The van der Waals surface area contributed by atoms with Gasteiger partial charge in [-0.3, -0.25) is 9.89 Å². The molecule has 1 aliphatic heterocycles. The molecule has 7 heteroatoms. The van der Waals surface area contributed by atoms with Crippen LogP contribution in [0.25, 0.3) is 0 Å². The highest BCUT2D eigenvalue weighted by Gasteiger charge is 2.25. The van der Waals surface area contributed by atoms with Gasteiger partial charge in [0.05, 0.1) is 19.3 Å². The summed E-state index contributed by atoms with van der Waals surface area (Å²) in [4.78, 5) is 9.04. The Labute approximate surface area is 191 Å². The lowest BCUT2D eigenvalue weighted by Crippen LogP contribution is -2.46. The predicted molar refractivity (Wildman–Crippen MR) is 128 cm³/mol. The van der Waals surface area contributed by atoms with E-state index in [9.17, 15) is 0 Å². The number of benzene rings is 1. The van der Waals surface area contributed by atoms with Gasteiger partial charge in [0.25, 0.3) is 0 Å². The van der Waals surface area contributed by atoms with Crippen LogP contribution in [0.1, 0.15) is 28.7 Å². The summed E-state index contributed by atoms with van der Waals surface area (Å²) in [5.41, 5.74) is 2.54. The van der Waals surface area contributed by atoms with Gasteiger partial charge in [0.15, 0.2) is 5.96 Å². The summed E-state index contributed by atoms with van der Waals surface area (Å²) in [6, 6.07) is 12.9. The third kappa shape index (κ3) is 6.72. The number of aryl methyl sites for hydroxylation is 2. The molecule has 1 aliphatic rings. The minimum absolute atomic E-state index is 0. The normalized spacial score (nSPS) is 16.2. The molecule has 1 atom stereocenters. The molecule has 0 spiro atoms. The molecule has 1 unspecified atom stereocenters. The highest BCUT2D eigenvalue weighted by Crippen LogP contribution is 2.23. The van der Waals surface area contributed by atoms with Crippen molar-refractivity contribution < 1.29 is 9.15 Å². The molecule has 0 saturated carbocycles. The van der Waals surface area contributed by atoms with Crippen LogP contribution < -0.4 is 5.32 Å². The first-order valence-corrected chi connectivity index (χ1v) is 9.92. The van der Waals surface area contributed by atoms with E-state index >= 15 is 0 Å². The number of halogens is 1. The fraction of sp³-hybridized carbons (Fsp3) is 0.500. The molecule has 2 aromatic rings. The number of aliphatic imine (C=N–C) groups is 1. The van der Waals surface area contributed by atoms with Crippen LogP contribution in [0.5, 0.6) is 0 Å². The van der Waals surface area contributed by atoms with Gasteiger partial charge in [0, 0.05) is 40.3 Å². The summed E-state index contributed by atoms with van der Waals surface area (Å²) in [7, 11) is 3.89. The fourth-order valence-electron chi connectivity index (χ4n) is 3.55. The van der Waals surface area contributed by atoms with Crippen LogP contribution in [0, 0.1) is 13.8 Å². The first-order valence-electron chi connectivity index (χ1n) is 9.92. The summed E-state index contributed by atoms with van der Waals surface area (Å²) in [6.45, 7) is 8.97. The van der Waals surface area contributed by atoms with Crippen molar-refractivity contribution in [3.8, 4) is 0 Å². The highest BCUT2D eigenvalue weighted by atomic mass is 127. The summed E-state index contributed by atoms with van der Waals surface area (Å²) in [6.07, 6.45) is 0. The predicted octanol–water partition coefficient (Wildman–Crippen LogP) is 3.60. The summed E-state index contributed by atoms with van der Waals surface area (Å²) < 4.78 is 11.5. The molecular weight excluding hydrogens is 479 g/mol. The summed E-state index contributed by atoms with van der Waals surface area (Å²) in [5.74, 6) is 2.81. The number of hydrogen-bond donors (Lipinski definition) is 1. The molecule has 1 saturated heterocycles. The second-order valence-electron chi connectivity index (χ2n) is 7.38. The van der Waals surface area contributed by atoms with Gasteiger partial charge < -0.3 is 19.4 Å². The third-order valence-electron chi connectivity index (χ3n) is 5.14. The molecule has 1 aromatic heterocycles. The number of morpholine rings is 1. The molecular formula is C22H33IN4O2. The average molecular weight is 512 g/mol. The number of furan rings is 1.